The summed E-state index contributed by atoms with van der Waals surface area (Å²) in [6.45, 7) is 5.13. The van der Waals surface area contributed by atoms with Crippen LogP contribution in [0.1, 0.15) is 42.7 Å². The number of piperidine rings is 1. The highest BCUT2D eigenvalue weighted by Gasteiger charge is 2.38. The van der Waals surface area contributed by atoms with Crippen LogP contribution in [0.4, 0.5) is 24.8 Å². The van der Waals surface area contributed by atoms with Gasteiger partial charge in [-0.25, -0.2) is 9.97 Å². The fraction of sp³-hybridized carbons (Fsp3) is 0.478. The smallest absolute Gasteiger partial charge is 0.420 e. The molecule has 3 N–H and O–H groups in total. The minimum Gasteiger partial charge on any atom is -0.489 e. The molecule has 0 aliphatic carbocycles. The Morgan fingerprint density at radius 3 is 2.75 bits per heavy atom. The number of alkyl halides is 3. The molecule has 1 saturated heterocycles. The van der Waals surface area contributed by atoms with Crippen LogP contribution >= 0.6 is 0 Å². The van der Waals surface area contributed by atoms with E-state index in [2.05, 4.69) is 44.5 Å². The summed E-state index contributed by atoms with van der Waals surface area (Å²) >= 11 is 0. The molecule has 0 radical (unpaired) electrons. The molecule has 3 aromatic heterocycles. The predicted molar refractivity (Wildman–Crippen MR) is 126 cm³/mol. The maximum atomic E-state index is 13.9. The van der Waals surface area contributed by atoms with Crippen molar-refractivity contribution in [3.05, 3.63) is 36.0 Å². The zero-order chi connectivity index (χ0) is 25.7. The van der Waals surface area contributed by atoms with Gasteiger partial charge in [-0.2, -0.15) is 18.3 Å². The quantitative estimate of drug-likeness (QED) is 0.500. The van der Waals surface area contributed by atoms with Crippen molar-refractivity contribution in [2.75, 3.05) is 29.9 Å². The molecule has 0 aromatic carbocycles. The van der Waals surface area contributed by atoms with E-state index in [0.29, 0.717) is 12.2 Å². The number of aromatic nitrogens is 5. The molecular formula is C23H27F3N8O2. The summed E-state index contributed by atoms with van der Waals surface area (Å²) in [6.07, 6.45) is 2.32. The van der Waals surface area contributed by atoms with Gasteiger partial charge in [0.05, 0.1) is 29.7 Å². The number of nitrogens with one attached hydrogen (secondary N) is 3. The average Bonchev–Trinajstić information content (AvgIpc) is 3.39. The highest BCUT2D eigenvalue weighted by Crippen LogP contribution is 2.42. The van der Waals surface area contributed by atoms with E-state index in [1.165, 1.54) is 17.3 Å². The Hall–Kier alpha value is -3.61. The fourth-order valence-electron chi connectivity index (χ4n) is 4.46. The molecule has 2 aliphatic heterocycles. The molecule has 5 rings (SSSR count). The number of hydrogen-bond donors (Lipinski definition) is 3. The average molecular weight is 505 g/mol. The van der Waals surface area contributed by atoms with E-state index in [1.54, 1.807) is 17.9 Å². The van der Waals surface area contributed by atoms with Crippen LogP contribution in [0.15, 0.2) is 24.8 Å². The van der Waals surface area contributed by atoms with Crippen molar-refractivity contribution in [2.24, 2.45) is 7.05 Å². The normalized spacial score (nSPS) is 20.0. The standard InChI is InChI=1S/C23H27F3N8O2/c1-22(2)5-4-13(8-29-22)31-21-28-11-16(23(24,25)26)17(32-21)15-10-27-18-19(15)36-7-6-34(20(18)35)14-9-30-33(3)12-14/h9-13,27,29H,4-8H2,1-3H3,(H,28,31,32)/t13-/m0/s1. The van der Waals surface area contributed by atoms with Crippen LogP contribution in [0.3, 0.4) is 0 Å². The second-order valence-corrected chi connectivity index (χ2v) is 9.68. The van der Waals surface area contributed by atoms with E-state index in [4.69, 9.17) is 4.74 Å². The van der Waals surface area contributed by atoms with Crippen molar-refractivity contribution in [1.29, 1.82) is 0 Å². The van der Waals surface area contributed by atoms with E-state index < -0.39 is 17.6 Å². The first kappa shape index (κ1) is 24.1. The Balaban J connectivity index is 1.50. The van der Waals surface area contributed by atoms with Crippen LogP contribution in [0.25, 0.3) is 11.3 Å². The molecule has 0 unspecified atom stereocenters. The van der Waals surface area contributed by atoms with E-state index in [1.807, 2.05) is 0 Å². The van der Waals surface area contributed by atoms with Crippen molar-refractivity contribution in [3.63, 3.8) is 0 Å². The first-order chi connectivity index (χ1) is 17.0. The molecular weight excluding hydrogens is 477 g/mol. The molecule has 13 heteroatoms. The van der Waals surface area contributed by atoms with Gasteiger partial charge < -0.3 is 25.3 Å². The summed E-state index contributed by atoms with van der Waals surface area (Å²) in [5.41, 5.74) is -0.714. The number of anilines is 2. The predicted octanol–water partition coefficient (Wildman–Crippen LogP) is 3.21. The number of H-pyrrole nitrogens is 1. The Bertz CT molecular complexity index is 1270. The molecule has 1 amide bonds. The lowest BCUT2D eigenvalue weighted by Gasteiger charge is -2.36. The van der Waals surface area contributed by atoms with E-state index in [9.17, 15) is 18.0 Å². The van der Waals surface area contributed by atoms with Crippen molar-refractivity contribution in [1.82, 2.24) is 30.0 Å². The van der Waals surface area contributed by atoms with Gasteiger partial charge in [-0.1, -0.05) is 0 Å². The number of rotatable bonds is 4. The monoisotopic (exact) mass is 504 g/mol. The zero-order valence-electron chi connectivity index (χ0n) is 20.1. The third kappa shape index (κ3) is 4.62. The van der Waals surface area contributed by atoms with Crippen LogP contribution in [0, 0.1) is 0 Å². The molecule has 1 atom stereocenters. The van der Waals surface area contributed by atoms with Crippen LogP contribution in [-0.2, 0) is 13.2 Å². The summed E-state index contributed by atoms with van der Waals surface area (Å²) in [5.74, 6) is -0.322. The third-order valence-corrected chi connectivity index (χ3v) is 6.48. The summed E-state index contributed by atoms with van der Waals surface area (Å²) in [6, 6.07) is -0.0307. The second kappa shape index (κ2) is 8.80. The molecule has 0 bridgehead atoms. The number of nitrogens with zero attached hydrogens (tertiary/aromatic N) is 5. The number of carbonyl (C=O) groups excluding carboxylic acids is 1. The molecule has 5 heterocycles. The Kier molecular flexibility index (Phi) is 5.89. The maximum absolute atomic E-state index is 13.9. The van der Waals surface area contributed by atoms with Gasteiger partial charge in [-0.15, -0.1) is 0 Å². The van der Waals surface area contributed by atoms with Crippen LogP contribution < -0.4 is 20.3 Å². The van der Waals surface area contributed by atoms with Crippen LogP contribution in [0.2, 0.25) is 0 Å². The fourth-order valence-corrected chi connectivity index (χ4v) is 4.46. The summed E-state index contributed by atoms with van der Waals surface area (Å²) in [5, 5.41) is 10.6. The summed E-state index contributed by atoms with van der Waals surface area (Å²) in [7, 11) is 1.73. The zero-order valence-corrected chi connectivity index (χ0v) is 20.1. The molecule has 1 fully saturated rings. The van der Waals surface area contributed by atoms with E-state index >= 15 is 0 Å². The number of aromatic amines is 1. The Labute approximate surface area is 205 Å². The molecule has 0 spiro atoms. The molecule has 3 aromatic rings. The summed E-state index contributed by atoms with van der Waals surface area (Å²) in [4.78, 5) is 25.7. The first-order valence-corrected chi connectivity index (χ1v) is 11.6. The molecule has 0 saturated carbocycles. The Morgan fingerprint density at radius 2 is 2.08 bits per heavy atom. The molecule has 192 valence electrons. The lowest BCUT2D eigenvalue weighted by atomic mass is 9.91. The topological polar surface area (TPSA) is 113 Å². The van der Waals surface area contributed by atoms with E-state index in [0.717, 1.165) is 19.0 Å². The van der Waals surface area contributed by atoms with Crippen molar-refractivity contribution < 1.29 is 22.7 Å². The minimum atomic E-state index is -4.70. The third-order valence-electron chi connectivity index (χ3n) is 6.48. The lowest BCUT2D eigenvalue weighted by Crippen LogP contribution is -2.50. The first-order valence-electron chi connectivity index (χ1n) is 11.6. The second-order valence-electron chi connectivity index (χ2n) is 9.68. The number of amides is 1. The number of fused-ring (bicyclic) bond motifs is 1. The highest BCUT2D eigenvalue weighted by molar-refractivity contribution is 6.08. The van der Waals surface area contributed by atoms with Gasteiger partial charge in [0.25, 0.3) is 5.91 Å². The minimum absolute atomic E-state index is 0.000601. The summed E-state index contributed by atoms with van der Waals surface area (Å²) < 4.78 is 49.2. The van der Waals surface area contributed by atoms with Crippen LogP contribution in [-0.4, -0.2) is 61.9 Å². The number of carbonyl (C=O) groups is 1. The van der Waals surface area contributed by atoms with Crippen molar-refractivity contribution >= 4 is 17.5 Å². The van der Waals surface area contributed by atoms with Gasteiger partial charge in [-0.3, -0.25) is 9.48 Å². The van der Waals surface area contributed by atoms with Gasteiger partial charge in [0, 0.05) is 43.8 Å². The van der Waals surface area contributed by atoms with Gasteiger partial charge in [0.1, 0.15) is 17.9 Å². The van der Waals surface area contributed by atoms with Crippen molar-refractivity contribution in [3.8, 4) is 17.0 Å². The highest BCUT2D eigenvalue weighted by atomic mass is 19.4. The SMILES string of the molecule is Cn1cc(N2CCOc3c(-c4nc(N[C@H]5CCC(C)(C)NC5)ncc4C(F)(F)F)c[nH]c3C2=O)cn1. The Morgan fingerprint density at radius 1 is 1.28 bits per heavy atom. The van der Waals surface area contributed by atoms with Gasteiger partial charge >= 0.3 is 6.18 Å². The number of aryl methyl sites for hydroxylation is 1. The van der Waals surface area contributed by atoms with Crippen molar-refractivity contribution in [2.45, 2.75) is 44.4 Å². The molecule has 36 heavy (non-hydrogen) atoms. The van der Waals surface area contributed by atoms with Crippen LogP contribution in [0.5, 0.6) is 5.75 Å². The maximum Gasteiger partial charge on any atom is 0.420 e. The molecule has 2 aliphatic rings. The van der Waals surface area contributed by atoms with Gasteiger partial charge in [0.2, 0.25) is 5.95 Å². The van der Waals surface area contributed by atoms with E-state index in [-0.39, 0.29) is 53.4 Å². The lowest BCUT2D eigenvalue weighted by molar-refractivity contribution is -0.137. The number of ether oxygens (including phenoxy) is 1. The largest absolute Gasteiger partial charge is 0.489 e. The molecule has 10 nitrogen and oxygen atoms in total. The van der Waals surface area contributed by atoms with Gasteiger partial charge in [-0.05, 0) is 26.7 Å². The number of hydrogen-bond acceptors (Lipinski definition) is 7. The van der Waals surface area contributed by atoms with Gasteiger partial charge in [0.15, 0.2) is 5.75 Å². The number of halogens is 3.